The first-order chi connectivity index (χ1) is 10.4. The van der Waals surface area contributed by atoms with Crippen LogP contribution in [-0.4, -0.2) is 28.0 Å². The molecule has 0 N–H and O–H groups in total. The van der Waals surface area contributed by atoms with E-state index in [1.807, 2.05) is 0 Å². The lowest BCUT2D eigenvalue weighted by Crippen LogP contribution is -2.06. The zero-order valence-corrected chi connectivity index (χ0v) is 12.6. The van der Waals surface area contributed by atoms with Crippen molar-refractivity contribution in [1.29, 1.82) is 0 Å². The van der Waals surface area contributed by atoms with Gasteiger partial charge in [0.05, 0.1) is 5.56 Å². The molecule has 0 aliphatic heterocycles. The number of aryl methyl sites for hydroxylation is 1. The van der Waals surface area contributed by atoms with Gasteiger partial charge in [-0.2, -0.15) is 13.9 Å². The van der Waals surface area contributed by atoms with Gasteiger partial charge in [0.2, 0.25) is 11.8 Å². The summed E-state index contributed by atoms with van der Waals surface area (Å²) in [6.07, 6.45) is 5.16. The fraction of sp³-hybridized carbons (Fsp3) is 0.286. The Morgan fingerprint density at radius 2 is 2.18 bits per heavy atom. The monoisotopic (exact) mass is 327 g/mol. The second-order valence-corrected chi connectivity index (χ2v) is 4.65. The Balaban J connectivity index is 2.50. The predicted octanol–water partition coefficient (Wildman–Crippen LogP) is 3.06. The maximum Gasteiger partial charge on any atom is 0.388 e. The minimum Gasteiger partial charge on any atom is -0.464 e. The molecule has 0 aliphatic rings. The number of halogens is 3. The highest BCUT2D eigenvalue weighted by Crippen LogP contribution is 2.35. The van der Waals surface area contributed by atoms with Gasteiger partial charge in [-0.15, -0.1) is 6.42 Å². The lowest BCUT2D eigenvalue weighted by molar-refractivity contribution is -0.0557. The highest BCUT2D eigenvalue weighted by molar-refractivity contribution is 6.29. The third kappa shape index (κ3) is 3.28. The molecule has 2 aromatic rings. The molecule has 0 aromatic carbocycles. The molecule has 2 rings (SSSR count). The molecule has 0 unspecified atom stereocenters. The van der Waals surface area contributed by atoms with Gasteiger partial charge in [-0.3, -0.25) is 0 Å². The van der Waals surface area contributed by atoms with Crippen molar-refractivity contribution in [3.05, 3.63) is 22.8 Å². The van der Waals surface area contributed by atoms with Crippen LogP contribution in [0.25, 0.3) is 11.3 Å². The molecule has 0 radical (unpaired) electrons. The molecule has 0 saturated carbocycles. The molecular formula is C14H12ClF2N3O2. The van der Waals surface area contributed by atoms with Gasteiger partial charge in [0.15, 0.2) is 6.61 Å². The van der Waals surface area contributed by atoms with Crippen molar-refractivity contribution >= 4 is 11.6 Å². The first kappa shape index (κ1) is 16.0. The lowest BCUT2D eigenvalue weighted by Gasteiger charge is -2.08. The SMILES string of the molecule is C#CCOc1nc(Cl)ccc1-c1nn(C)c(OC(F)F)c1C. The van der Waals surface area contributed by atoms with Crippen molar-refractivity contribution in [3.8, 4) is 35.4 Å². The molecule has 0 saturated heterocycles. The number of aromatic nitrogens is 3. The van der Waals surface area contributed by atoms with Crippen LogP contribution in [0.5, 0.6) is 11.8 Å². The van der Waals surface area contributed by atoms with Crippen LogP contribution in [0, 0.1) is 19.3 Å². The number of terminal acetylenes is 1. The summed E-state index contributed by atoms with van der Waals surface area (Å²) >= 11 is 5.84. The van der Waals surface area contributed by atoms with E-state index in [9.17, 15) is 8.78 Å². The normalized spacial score (nSPS) is 10.6. The first-order valence-electron chi connectivity index (χ1n) is 6.15. The van der Waals surface area contributed by atoms with E-state index in [2.05, 4.69) is 20.7 Å². The van der Waals surface area contributed by atoms with Gasteiger partial charge < -0.3 is 9.47 Å². The summed E-state index contributed by atoms with van der Waals surface area (Å²) in [4.78, 5) is 4.04. The Hall–Kier alpha value is -2.33. The second-order valence-electron chi connectivity index (χ2n) is 4.26. The maximum atomic E-state index is 12.5. The highest BCUT2D eigenvalue weighted by atomic mass is 35.5. The second kappa shape index (κ2) is 6.62. The summed E-state index contributed by atoms with van der Waals surface area (Å²) in [5, 5.41) is 4.39. The average Bonchev–Trinajstić information content (AvgIpc) is 2.73. The Labute approximate surface area is 130 Å². The Kier molecular flexibility index (Phi) is 4.83. The molecule has 22 heavy (non-hydrogen) atoms. The fourth-order valence-corrected chi connectivity index (χ4v) is 2.08. The van der Waals surface area contributed by atoms with Gasteiger partial charge in [0, 0.05) is 12.6 Å². The van der Waals surface area contributed by atoms with Crippen LogP contribution in [0.1, 0.15) is 5.56 Å². The van der Waals surface area contributed by atoms with E-state index in [4.69, 9.17) is 22.8 Å². The number of nitrogens with zero attached hydrogens (tertiary/aromatic N) is 3. The van der Waals surface area contributed by atoms with Crippen molar-refractivity contribution in [2.45, 2.75) is 13.5 Å². The molecule has 2 aromatic heterocycles. The van der Waals surface area contributed by atoms with Crippen LogP contribution in [0.3, 0.4) is 0 Å². The standard InChI is InChI=1S/C14H12ClF2N3O2/c1-4-7-21-12-9(5-6-10(15)18-12)11-8(2)13(20(3)19-11)22-14(16)17/h1,5-6,14H,7H2,2-3H3. The minimum absolute atomic E-state index is 0.00733. The van der Waals surface area contributed by atoms with Crippen molar-refractivity contribution < 1.29 is 18.3 Å². The number of rotatable bonds is 5. The van der Waals surface area contributed by atoms with E-state index < -0.39 is 6.61 Å². The molecule has 0 aliphatic carbocycles. The predicted molar refractivity (Wildman–Crippen MR) is 77.1 cm³/mol. The summed E-state index contributed by atoms with van der Waals surface area (Å²) in [5.41, 5.74) is 1.31. The largest absolute Gasteiger partial charge is 0.464 e. The topological polar surface area (TPSA) is 49.2 Å². The summed E-state index contributed by atoms with van der Waals surface area (Å²) in [6.45, 7) is -1.34. The summed E-state index contributed by atoms with van der Waals surface area (Å²) in [5.74, 6) is 2.45. The number of hydrogen-bond acceptors (Lipinski definition) is 4. The van der Waals surface area contributed by atoms with Gasteiger partial charge in [0.25, 0.3) is 0 Å². The van der Waals surface area contributed by atoms with Crippen molar-refractivity contribution in [1.82, 2.24) is 14.8 Å². The minimum atomic E-state index is -2.94. The van der Waals surface area contributed by atoms with E-state index >= 15 is 0 Å². The van der Waals surface area contributed by atoms with E-state index in [0.717, 1.165) is 0 Å². The maximum absolute atomic E-state index is 12.5. The Morgan fingerprint density at radius 3 is 2.82 bits per heavy atom. The van der Waals surface area contributed by atoms with Gasteiger partial charge in [-0.25, -0.2) is 9.67 Å². The molecule has 5 nitrogen and oxygen atoms in total. The number of ether oxygens (including phenoxy) is 2. The van der Waals surface area contributed by atoms with Crippen molar-refractivity contribution in [2.24, 2.45) is 7.05 Å². The molecule has 116 valence electrons. The fourth-order valence-electron chi connectivity index (χ4n) is 1.94. The summed E-state index contributed by atoms with van der Waals surface area (Å²) in [6, 6.07) is 3.17. The average molecular weight is 328 g/mol. The van der Waals surface area contributed by atoms with Crippen LogP contribution < -0.4 is 9.47 Å². The number of hydrogen-bond donors (Lipinski definition) is 0. The molecule has 0 spiro atoms. The van der Waals surface area contributed by atoms with Gasteiger partial charge >= 0.3 is 6.61 Å². The zero-order valence-electron chi connectivity index (χ0n) is 11.8. The molecule has 2 heterocycles. The summed E-state index contributed by atoms with van der Waals surface area (Å²) < 4.78 is 35.9. The van der Waals surface area contributed by atoms with Gasteiger partial charge in [-0.05, 0) is 19.1 Å². The molecule has 0 bridgehead atoms. The molecule has 0 amide bonds. The van der Waals surface area contributed by atoms with Crippen LogP contribution in [0.15, 0.2) is 12.1 Å². The van der Waals surface area contributed by atoms with Crippen molar-refractivity contribution in [2.75, 3.05) is 6.61 Å². The van der Waals surface area contributed by atoms with Gasteiger partial charge in [0.1, 0.15) is 10.8 Å². The quantitative estimate of drug-likeness (QED) is 0.625. The molecule has 0 fully saturated rings. The van der Waals surface area contributed by atoms with Crippen molar-refractivity contribution in [3.63, 3.8) is 0 Å². The first-order valence-corrected chi connectivity index (χ1v) is 6.53. The van der Waals surface area contributed by atoms with Crippen LogP contribution >= 0.6 is 11.6 Å². The smallest absolute Gasteiger partial charge is 0.388 e. The molecular weight excluding hydrogens is 316 g/mol. The Bertz CT molecular complexity index is 726. The van der Waals surface area contributed by atoms with Gasteiger partial charge in [-0.1, -0.05) is 17.5 Å². The number of pyridine rings is 1. The third-order valence-corrected chi connectivity index (χ3v) is 3.00. The third-order valence-electron chi connectivity index (χ3n) is 2.79. The van der Waals surface area contributed by atoms with Crippen LogP contribution in [-0.2, 0) is 7.05 Å². The molecule has 8 heteroatoms. The van der Waals surface area contributed by atoms with Crippen LogP contribution in [0.2, 0.25) is 5.15 Å². The number of alkyl halides is 2. The highest BCUT2D eigenvalue weighted by Gasteiger charge is 2.21. The van der Waals surface area contributed by atoms with E-state index in [1.165, 1.54) is 11.7 Å². The van der Waals surface area contributed by atoms with E-state index in [-0.39, 0.29) is 23.5 Å². The summed E-state index contributed by atoms with van der Waals surface area (Å²) in [7, 11) is 1.50. The van der Waals surface area contributed by atoms with E-state index in [0.29, 0.717) is 16.8 Å². The van der Waals surface area contributed by atoms with E-state index in [1.54, 1.807) is 19.1 Å². The van der Waals surface area contributed by atoms with Crippen LogP contribution in [0.4, 0.5) is 8.78 Å². The lowest BCUT2D eigenvalue weighted by atomic mass is 10.1. The molecule has 0 atom stereocenters. The zero-order chi connectivity index (χ0) is 16.3. The Morgan fingerprint density at radius 1 is 1.45 bits per heavy atom.